The van der Waals surface area contributed by atoms with E-state index in [9.17, 15) is 9.90 Å². The average Bonchev–Trinajstić information content (AvgIpc) is 2.35. The van der Waals surface area contributed by atoms with E-state index in [0.717, 1.165) is 16.9 Å². The number of β-amino-alcohol motifs (C(OH)–C–C–N with tert-alkyl or cyclic N) is 1. The maximum Gasteiger partial charge on any atom is 0.231 e. The lowest BCUT2D eigenvalue weighted by Gasteiger charge is -2.36. The van der Waals surface area contributed by atoms with Crippen LogP contribution >= 0.6 is 0 Å². The van der Waals surface area contributed by atoms with Crippen molar-refractivity contribution in [2.24, 2.45) is 5.73 Å². The number of nitrogens with zero attached hydrogens (tertiary/aromatic N) is 1. The predicted octanol–water partition coefficient (Wildman–Crippen LogP) is 1.63. The second kappa shape index (κ2) is 7.61. The first-order valence-corrected chi connectivity index (χ1v) is 7.51. The fourth-order valence-electron chi connectivity index (χ4n) is 2.28. The number of benzene rings is 1. The van der Waals surface area contributed by atoms with E-state index in [-0.39, 0.29) is 18.7 Å². The lowest BCUT2D eigenvalue weighted by molar-refractivity contribution is -0.121. The Morgan fingerprint density at radius 3 is 2.32 bits per heavy atom. The van der Waals surface area contributed by atoms with Crippen molar-refractivity contribution in [1.82, 2.24) is 4.90 Å². The van der Waals surface area contributed by atoms with Gasteiger partial charge >= 0.3 is 0 Å². The quantitative estimate of drug-likeness (QED) is 0.803. The monoisotopic (exact) mass is 308 g/mol. The summed E-state index contributed by atoms with van der Waals surface area (Å²) in [5, 5.41) is 10.2. The molecular weight excluding hydrogens is 280 g/mol. The number of rotatable bonds is 7. The van der Waals surface area contributed by atoms with Crippen molar-refractivity contribution < 1.29 is 14.6 Å². The summed E-state index contributed by atoms with van der Waals surface area (Å²) in [6.45, 7) is 10.5. The summed E-state index contributed by atoms with van der Waals surface area (Å²) < 4.78 is 5.76. The molecule has 1 rings (SSSR count). The minimum absolute atomic E-state index is 0.115. The van der Waals surface area contributed by atoms with Crippen LogP contribution in [-0.4, -0.2) is 47.3 Å². The molecule has 1 amide bonds. The molecule has 1 unspecified atom stereocenters. The number of carbonyl (C=O) groups is 1. The number of aryl methyl sites for hydroxylation is 2. The summed E-state index contributed by atoms with van der Waals surface area (Å²) in [4.78, 5) is 13.0. The average molecular weight is 308 g/mol. The molecule has 5 heteroatoms. The number of hydrogen-bond donors (Lipinski definition) is 2. The number of hydrogen-bond acceptors (Lipinski definition) is 4. The summed E-state index contributed by atoms with van der Waals surface area (Å²) >= 11 is 0. The van der Waals surface area contributed by atoms with Gasteiger partial charge in [-0.05, 0) is 45.7 Å². The zero-order valence-electron chi connectivity index (χ0n) is 14.2. The highest BCUT2D eigenvalue weighted by atomic mass is 16.5. The highest BCUT2D eigenvalue weighted by Gasteiger charge is 2.25. The number of aliphatic hydroxyl groups excluding tert-OH is 1. The lowest BCUT2D eigenvalue weighted by atomic mass is 10.1. The van der Waals surface area contributed by atoms with Gasteiger partial charge in [0.15, 0.2) is 0 Å². The highest BCUT2D eigenvalue weighted by Crippen LogP contribution is 2.22. The minimum atomic E-state index is -0.697. The molecule has 5 nitrogen and oxygen atoms in total. The van der Waals surface area contributed by atoms with E-state index in [0.29, 0.717) is 6.54 Å². The van der Waals surface area contributed by atoms with Crippen LogP contribution in [0, 0.1) is 13.8 Å². The number of primary amides is 1. The molecule has 0 spiro atoms. The van der Waals surface area contributed by atoms with Gasteiger partial charge in [-0.25, -0.2) is 0 Å². The maximum absolute atomic E-state index is 11.2. The van der Waals surface area contributed by atoms with Crippen LogP contribution in [0.15, 0.2) is 18.2 Å². The summed E-state index contributed by atoms with van der Waals surface area (Å²) in [6, 6.07) is 5.93. The van der Waals surface area contributed by atoms with Crippen molar-refractivity contribution in [2.45, 2.75) is 46.3 Å². The summed E-state index contributed by atoms with van der Waals surface area (Å²) in [6.07, 6.45) is -0.697. The van der Waals surface area contributed by atoms with Gasteiger partial charge in [0, 0.05) is 12.1 Å². The van der Waals surface area contributed by atoms with E-state index in [1.807, 2.05) is 57.7 Å². The number of nitrogens with two attached hydrogens (primary N) is 1. The molecule has 0 aliphatic rings. The van der Waals surface area contributed by atoms with E-state index in [2.05, 4.69) is 0 Å². The van der Waals surface area contributed by atoms with Crippen molar-refractivity contribution in [1.29, 1.82) is 0 Å². The van der Waals surface area contributed by atoms with Gasteiger partial charge in [-0.15, -0.1) is 0 Å². The van der Waals surface area contributed by atoms with Crippen LogP contribution in [-0.2, 0) is 4.79 Å². The summed E-state index contributed by atoms with van der Waals surface area (Å²) in [7, 11) is 0. The molecule has 0 bridgehead atoms. The third kappa shape index (κ3) is 5.66. The molecule has 0 aromatic heterocycles. The van der Waals surface area contributed by atoms with Gasteiger partial charge in [0.1, 0.15) is 18.5 Å². The van der Waals surface area contributed by atoms with Crippen LogP contribution in [0.3, 0.4) is 0 Å². The number of amides is 1. The van der Waals surface area contributed by atoms with Gasteiger partial charge in [0.25, 0.3) is 0 Å². The molecule has 3 N–H and O–H groups in total. The molecule has 0 saturated carbocycles. The van der Waals surface area contributed by atoms with Crippen LogP contribution < -0.4 is 10.5 Å². The Morgan fingerprint density at radius 2 is 1.86 bits per heavy atom. The second-order valence-electron chi connectivity index (χ2n) is 6.70. The normalized spacial score (nSPS) is 13.2. The van der Waals surface area contributed by atoms with Gasteiger partial charge in [-0.1, -0.05) is 18.2 Å². The first kappa shape index (κ1) is 18.5. The first-order chi connectivity index (χ1) is 10.1. The molecular formula is C17H28N2O3. The number of ether oxygens (including phenoxy) is 1. The van der Waals surface area contributed by atoms with Crippen molar-refractivity contribution >= 4 is 5.91 Å². The van der Waals surface area contributed by atoms with E-state index in [4.69, 9.17) is 10.5 Å². The Labute approximate surface area is 133 Å². The summed E-state index contributed by atoms with van der Waals surface area (Å²) in [5.41, 5.74) is 7.10. The Bertz CT molecular complexity index is 489. The Morgan fingerprint density at radius 1 is 1.32 bits per heavy atom. The van der Waals surface area contributed by atoms with Gasteiger partial charge in [0.2, 0.25) is 5.91 Å². The van der Waals surface area contributed by atoms with E-state index in [1.54, 1.807) is 0 Å². The van der Waals surface area contributed by atoms with Crippen molar-refractivity contribution in [3.63, 3.8) is 0 Å². The fraction of sp³-hybridized carbons (Fsp3) is 0.588. The largest absolute Gasteiger partial charge is 0.490 e. The van der Waals surface area contributed by atoms with Crippen LogP contribution in [0.1, 0.15) is 31.9 Å². The van der Waals surface area contributed by atoms with Crippen molar-refractivity contribution in [2.75, 3.05) is 19.7 Å². The third-order valence-corrected chi connectivity index (χ3v) is 3.56. The summed E-state index contributed by atoms with van der Waals surface area (Å²) in [5.74, 6) is 0.400. The van der Waals surface area contributed by atoms with Crippen molar-refractivity contribution in [3.8, 4) is 5.75 Å². The van der Waals surface area contributed by atoms with Crippen LogP contribution in [0.2, 0.25) is 0 Å². The first-order valence-electron chi connectivity index (χ1n) is 7.51. The third-order valence-electron chi connectivity index (χ3n) is 3.56. The fourth-order valence-corrected chi connectivity index (χ4v) is 2.28. The van der Waals surface area contributed by atoms with Gasteiger partial charge in [-0.2, -0.15) is 0 Å². The van der Waals surface area contributed by atoms with E-state index < -0.39 is 12.0 Å². The zero-order valence-corrected chi connectivity index (χ0v) is 14.2. The highest BCUT2D eigenvalue weighted by molar-refractivity contribution is 5.76. The molecule has 1 atom stereocenters. The van der Waals surface area contributed by atoms with Crippen LogP contribution in [0.25, 0.3) is 0 Å². The SMILES string of the molecule is Cc1cccc(C)c1OCC(O)CN(CC(N)=O)C(C)(C)C. The van der Waals surface area contributed by atoms with Gasteiger partial charge < -0.3 is 15.6 Å². The molecule has 0 aliphatic carbocycles. The van der Waals surface area contributed by atoms with Crippen LogP contribution in [0.4, 0.5) is 0 Å². The zero-order chi connectivity index (χ0) is 16.9. The molecule has 0 fully saturated rings. The molecule has 1 aromatic carbocycles. The molecule has 0 saturated heterocycles. The predicted molar refractivity (Wildman–Crippen MR) is 87.9 cm³/mol. The Hall–Kier alpha value is -1.59. The van der Waals surface area contributed by atoms with Gasteiger partial charge in [0.05, 0.1) is 6.54 Å². The number of aliphatic hydroxyl groups is 1. The van der Waals surface area contributed by atoms with Gasteiger partial charge in [-0.3, -0.25) is 9.69 Å². The van der Waals surface area contributed by atoms with E-state index in [1.165, 1.54) is 0 Å². The number of para-hydroxylation sites is 1. The molecule has 22 heavy (non-hydrogen) atoms. The van der Waals surface area contributed by atoms with Crippen LogP contribution in [0.5, 0.6) is 5.75 Å². The van der Waals surface area contributed by atoms with Crippen molar-refractivity contribution in [3.05, 3.63) is 29.3 Å². The molecule has 0 heterocycles. The topological polar surface area (TPSA) is 75.8 Å². The molecule has 0 aliphatic heterocycles. The molecule has 1 aromatic rings. The molecule has 124 valence electrons. The number of carbonyl (C=O) groups excluding carboxylic acids is 1. The molecule has 0 radical (unpaired) electrons. The Kier molecular flexibility index (Phi) is 6.38. The standard InChI is InChI=1S/C17H28N2O3/c1-12-7-6-8-13(2)16(12)22-11-14(20)9-19(10-15(18)21)17(3,4)5/h6-8,14,20H,9-11H2,1-5H3,(H2,18,21). The maximum atomic E-state index is 11.2. The lowest BCUT2D eigenvalue weighted by Crippen LogP contribution is -2.50. The second-order valence-corrected chi connectivity index (χ2v) is 6.70. The Balaban J connectivity index is 2.64. The van der Waals surface area contributed by atoms with E-state index >= 15 is 0 Å². The minimum Gasteiger partial charge on any atom is -0.490 e. The smallest absolute Gasteiger partial charge is 0.231 e.